The molecule has 0 aliphatic rings. The second-order valence-corrected chi connectivity index (χ2v) is 5.55. The Kier molecular flexibility index (Phi) is 8.87. The summed E-state index contributed by atoms with van der Waals surface area (Å²) in [5.74, 6) is -0.281. The summed E-state index contributed by atoms with van der Waals surface area (Å²) in [6, 6.07) is 6.80. The van der Waals surface area contributed by atoms with Crippen molar-refractivity contribution in [3.8, 4) is 0 Å². The number of hydrogen-bond donors (Lipinski definition) is 2. The number of carbonyl (C=O) groups is 2. The van der Waals surface area contributed by atoms with Gasteiger partial charge in [-0.05, 0) is 38.0 Å². The number of rotatable bonds is 7. The van der Waals surface area contributed by atoms with Gasteiger partial charge in [0.05, 0.1) is 5.54 Å². The number of halogens is 1. The Bertz CT molecular complexity index is 522. The maximum absolute atomic E-state index is 12.5. The van der Waals surface area contributed by atoms with Gasteiger partial charge < -0.3 is 16.0 Å². The second kappa shape index (κ2) is 9.53. The van der Waals surface area contributed by atoms with Crippen molar-refractivity contribution in [2.24, 2.45) is 5.73 Å². The van der Waals surface area contributed by atoms with Gasteiger partial charge in [-0.15, -0.1) is 12.4 Å². The standard InChI is InChI=1S/C17H27N3O2.ClH/c1-5-17(6-2,12-18)19-15(21)13-9-8-10-14(11-13)16(22)20(4)7-3;/h8-11H,5-7,12,18H2,1-4H3,(H,19,21);1H. The lowest BCUT2D eigenvalue weighted by Gasteiger charge is -2.31. The van der Waals surface area contributed by atoms with Crippen LogP contribution in [-0.4, -0.2) is 42.4 Å². The number of amides is 2. The first-order valence-corrected chi connectivity index (χ1v) is 7.81. The lowest BCUT2D eigenvalue weighted by molar-refractivity contribution is 0.0802. The van der Waals surface area contributed by atoms with Gasteiger partial charge in [0.15, 0.2) is 0 Å². The molecule has 0 bridgehead atoms. The minimum absolute atomic E-state index is 0. The molecule has 0 spiro atoms. The van der Waals surface area contributed by atoms with Crippen molar-refractivity contribution >= 4 is 24.2 Å². The van der Waals surface area contributed by atoms with Crippen LogP contribution in [0.15, 0.2) is 24.3 Å². The molecule has 5 nitrogen and oxygen atoms in total. The van der Waals surface area contributed by atoms with Crippen LogP contribution in [-0.2, 0) is 0 Å². The molecule has 6 heteroatoms. The van der Waals surface area contributed by atoms with Gasteiger partial charge in [0, 0.05) is 31.3 Å². The van der Waals surface area contributed by atoms with E-state index in [9.17, 15) is 9.59 Å². The minimum Gasteiger partial charge on any atom is -0.345 e. The zero-order chi connectivity index (χ0) is 16.8. The smallest absolute Gasteiger partial charge is 0.253 e. The molecule has 1 aromatic carbocycles. The van der Waals surface area contributed by atoms with Crippen LogP contribution in [0.4, 0.5) is 0 Å². The number of benzene rings is 1. The molecule has 1 aromatic rings. The van der Waals surface area contributed by atoms with Gasteiger partial charge in [0.1, 0.15) is 0 Å². The fourth-order valence-corrected chi connectivity index (χ4v) is 2.24. The molecule has 23 heavy (non-hydrogen) atoms. The van der Waals surface area contributed by atoms with Crippen molar-refractivity contribution in [3.63, 3.8) is 0 Å². The van der Waals surface area contributed by atoms with Crippen molar-refractivity contribution in [3.05, 3.63) is 35.4 Å². The Morgan fingerprint density at radius 2 is 1.74 bits per heavy atom. The molecule has 2 amide bonds. The number of nitrogens with zero attached hydrogens (tertiary/aromatic N) is 1. The zero-order valence-corrected chi connectivity index (χ0v) is 15.2. The molecule has 0 unspecified atom stereocenters. The summed E-state index contributed by atoms with van der Waals surface area (Å²) in [7, 11) is 1.74. The van der Waals surface area contributed by atoms with Crippen LogP contribution in [0.1, 0.15) is 54.3 Å². The normalized spacial score (nSPS) is 10.7. The second-order valence-electron chi connectivity index (χ2n) is 5.55. The topological polar surface area (TPSA) is 75.4 Å². The highest BCUT2D eigenvalue weighted by Gasteiger charge is 2.27. The van der Waals surface area contributed by atoms with E-state index in [1.807, 2.05) is 20.8 Å². The zero-order valence-electron chi connectivity index (χ0n) is 14.4. The molecule has 0 fully saturated rings. The van der Waals surface area contributed by atoms with Gasteiger partial charge in [-0.3, -0.25) is 9.59 Å². The molecule has 3 N–H and O–H groups in total. The van der Waals surface area contributed by atoms with Gasteiger partial charge in [0.2, 0.25) is 0 Å². The summed E-state index contributed by atoms with van der Waals surface area (Å²) in [6.45, 7) is 6.94. The van der Waals surface area contributed by atoms with Gasteiger partial charge in [-0.1, -0.05) is 19.9 Å². The van der Waals surface area contributed by atoms with E-state index in [-0.39, 0.29) is 24.2 Å². The minimum atomic E-state index is -0.392. The van der Waals surface area contributed by atoms with Crippen LogP contribution in [0.2, 0.25) is 0 Å². The first-order chi connectivity index (χ1) is 10.4. The van der Waals surface area contributed by atoms with Crippen molar-refractivity contribution < 1.29 is 9.59 Å². The Balaban J connectivity index is 0.00000484. The van der Waals surface area contributed by atoms with Crippen LogP contribution >= 0.6 is 12.4 Å². The fraction of sp³-hybridized carbons (Fsp3) is 0.529. The summed E-state index contributed by atoms with van der Waals surface area (Å²) >= 11 is 0. The van der Waals surface area contributed by atoms with E-state index in [0.717, 1.165) is 12.8 Å². The first-order valence-electron chi connectivity index (χ1n) is 7.81. The van der Waals surface area contributed by atoms with Gasteiger partial charge in [0.25, 0.3) is 11.8 Å². The number of hydrogen-bond acceptors (Lipinski definition) is 3. The van der Waals surface area contributed by atoms with Crippen molar-refractivity contribution in [2.75, 3.05) is 20.1 Å². The van der Waals surface area contributed by atoms with Crippen LogP contribution in [0.25, 0.3) is 0 Å². The molecule has 0 saturated heterocycles. The molecule has 0 atom stereocenters. The van der Waals surface area contributed by atoms with E-state index >= 15 is 0 Å². The third kappa shape index (κ3) is 5.22. The maximum atomic E-state index is 12.5. The SMILES string of the molecule is CCN(C)C(=O)c1cccc(C(=O)NC(CC)(CC)CN)c1.Cl. The van der Waals surface area contributed by atoms with E-state index in [0.29, 0.717) is 24.2 Å². The third-order valence-corrected chi connectivity index (χ3v) is 4.32. The van der Waals surface area contributed by atoms with Gasteiger partial charge in [-0.2, -0.15) is 0 Å². The Morgan fingerprint density at radius 1 is 1.17 bits per heavy atom. The average Bonchev–Trinajstić information content (AvgIpc) is 2.58. The third-order valence-electron chi connectivity index (χ3n) is 4.32. The molecule has 0 aromatic heterocycles. The maximum Gasteiger partial charge on any atom is 0.253 e. The van der Waals surface area contributed by atoms with E-state index in [1.54, 1.807) is 36.2 Å². The van der Waals surface area contributed by atoms with Crippen molar-refractivity contribution in [1.82, 2.24) is 10.2 Å². The average molecular weight is 342 g/mol. The number of carbonyl (C=O) groups excluding carboxylic acids is 2. The van der Waals surface area contributed by atoms with Crippen molar-refractivity contribution in [2.45, 2.75) is 39.2 Å². The highest BCUT2D eigenvalue weighted by Crippen LogP contribution is 2.15. The summed E-state index contributed by atoms with van der Waals surface area (Å²) in [5.41, 5.74) is 6.42. The Hall–Kier alpha value is -1.59. The molecule has 0 saturated carbocycles. The summed E-state index contributed by atoms with van der Waals surface area (Å²) in [5, 5.41) is 3.02. The summed E-state index contributed by atoms with van der Waals surface area (Å²) in [6.07, 6.45) is 1.53. The fourth-order valence-electron chi connectivity index (χ4n) is 2.24. The molecule has 0 aliphatic heterocycles. The Morgan fingerprint density at radius 3 is 2.22 bits per heavy atom. The number of nitrogens with one attached hydrogen (secondary N) is 1. The summed E-state index contributed by atoms with van der Waals surface area (Å²) in [4.78, 5) is 26.2. The Labute approximate surface area is 145 Å². The van der Waals surface area contributed by atoms with Crippen LogP contribution < -0.4 is 11.1 Å². The molecule has 0 radical (unpaired) electrons. The molecular weight excluding hydrogens is 314 g/mol. The van der Waals surface area contributed by atoms with Crippen LogP contribution in [0, 0.1) is 0 Å². The predicted molar refractivity (Wildman–Crippen MR) is 96.2 cm³/mol. The number of nitrogens with two attached hydrogens (primary N) is 1. The molecule has 0 aliphatic carbocycles. The van der Waals surface area contributed by atoms with Crippen LogP contribution in [0.3, 0.4) is 0 Å². The molecule has 1 rings (SSSR count). The summed E-state index contributed by atoms with van der Waals surface area (Å²) < 4.78 is 0. The monoisotopic (exact) mass is 341 g/mol. The van der Waals surface area contributed by atoms with E-state index in [1.165, 1.54) is 0 Å². The lowest BCUT2D eigenvalue weighted by Crippen LogP contribution is -2.52. The van der Waals surface area contributed by atoms with E-state index < -0.39 is 5.54 Å². The van der Waals surface area contributed by atoms with Crippen molar-refractivity contribution in [1.29, 1.82) is 0 Å². The largest absolute Gasteiger partial charge is 0.345 e. The van der Waals surface area contributed by atoms with Gasteiger partial charge in [-0.25, -0.2) is 0 Å². The lowest BCUT2D eigenvalue weighted by atomic mass is 9.92. The molecule has 130 valence electrons. The molecular formula is C17H28ClN3O2. The van der Waals surface area contributed by atoms with Gasteiger partial charge >= 0.3 is 0 Å². The van der Waals surface area contributed by atoms with E-state index in [4.69, 9.17) is 5.73 Å². The van der Waals surface area contributed by atoms with Crippen LogP contribution in [0.5, 0.6) is 0 Å². The first kappa shape index (κ1) is 21.4. The van der Waals surface area contributed by atoms with E-state index in [2.05, 4.69) is 5.32 Å². The highest BCUT2D eigenvalue weighted by molar-refractivity contribution is 5.99. The quantitative estimate of drug-likeness (QED) is 0.799. The highest BCUT2D eigenvalue weighted by atomic mass is 35.5. The molecule has 0 heterocycles. The predicted octanol–water partition coefficient (Wildman–Crippen LogP) is 2.45.